The van der Waals surface area contributed by atoms with Crippen LogP contribution < -0.4 is 4.90 Å². The van der Waals surface area contributed by atoms with Crippen LogP contribution in [0.2, 0.25) is 0 Å². The molecule has 12 aromatic rings. The molecule has 0 spiro atoms. The van der Waals surface area contributed by atoms with Crippen LogP contribution in [0.4, 0.5) is 17.1 Å². The van der Waals surface area contributed by atoms with E-state index in [4.69, 9.17) is 0 Å². The molecule has 0 bridgehead atoms. The fraction of sp³-hybridized carbons (Fsp3) is 0.0448. The van der Waals surface area contributed by atoms with Gasteiger partial charge < -0.3 is 4.90 Å². The van der Waals surface area contributed by atoms with Crippen molar-refractivity contribution in [2.45, 2.75) is 19.3 Å². The third kappa shape index (κ3) is 6.62. The maximum Gasteiger partial charge on any atom is 0.0465 e. The van der Waals surface area contributed by atoms with Crippen molar-refractivity contribution in [2.24, 2.45) is 0 Å². The van der Waals surface area contributed by atoms with Crippen molar-refractivity contribution in [2.75, 3.05) is 4.90 Å². The predicted molar refractivity (Wildman–Crippen MR) is 290 cm³/mol. The van der Waals surface area contributed by atoms with E-state index in [0.717, 1.165) is 17.1 Å². The maximum atomic E-state index is 2.45. The Morgan fingerprint density at radius 2 is 0.721 bits per heavy atom. The van der Waals surface area contributed by atoms with Gasteiger partial charge in [0.2, 0.25) is 0 Å². The lowest BCUT2D eigenvalue weighted by Crippen LogP contribution is -2.16. The molecule has 1 aliphatic rings. The molecule has 0 atom stereocenters. The summed E-state index contributed by atoms with van der Waals surface area (Å²) in [5.74, 6) is 0. The van der Waals surface area contributed by atoms with Crippen LogP contribution in [0, 0.1) is 0 Å². The van der Waals surface area contributed by atoms with Gasteiger partial charge in [0, 0.05) is 22.5 Å². The van der Waals surface area contributed by atoms with Gasteiger partial charge in [-0.25, -0.2) is 0 Å². The molecule has 0 N–H and O–H groups in total. The summed E-state index contributed by atoms with van der Waals surface area (Å²) in [6.07, 6.45) is 0. The fourth-order valence-corrected chi connectivity index (χ4v) is 11.1. The number of anilines is 3. The number of nitrogens with zero attached hydrogens (tertiary/aromatic N) is 1. The largest absolute Gasteiger partial charge is 0.310 e. The van der Waals surface area contributed by atoms with Crippen molar-refractivity contribution in [3.8, 4) is 55.6 Å². The molecule has 0 saturated carbocycles. The smallest absolute Gasteiger partial charge is 0.0465 e. The molecule has 1 heteroatoms. The van der Waals surface area contributed by atoms with E-state index in [1.807, 2.05) is 0 Å². The van der Waals surface area contributed by atoms with Gasteiger partial charge >= 0.3 is 0 Å². The predicted octanol–water partition coefficient (Wildman–Crippen LogP) is 18.7. The van der Waals surface area contributed by atoms with Crippen molar-refractivity contribution in [3.63, 3.8) is 0 Å². The first-order valence-electron chi connectivity index (χ1n) is 23.7. The Labute approximate surface area is 397 Å². The number of para-hydroxylation sites is 2. The third-order valence-electron chi connectivity index (χ3n) is 14.6. The third-order valence-corrected chi connectivity index (χ3v) is 14.6. The summed E-state index contributed by atoms with van der Waals surface area (Å²) in [7, 11) is 0. The Bertz CT molecular complexity index is 3880. The van der Waals surface area contributed by atoms with E-state index in [9.17, 15) is 0 Å². The normalized spacial score (nSPS) is 12.7. The van der Waals surface area contributed by atoms with E-state index in [2.05, 4.69) is 267 Å². The second-order valence-corrected chi connectivity index (χ2v) is 18.9. The van der Waals surface area contributed by atoms with Gasteiger partial charge in [0.1, 0.15) is 0 Å². The van der Waals surface area contributed by atoms with E-state index in [0.29, 0.717) is 0 Å². The lowest BCUT2D eigenvalue weighted by Gasteiger charge is -2.28. The minimum absolute atomic E-state index is 0.199. The number of benzene rings is 12. The summed E-state index contributed by atoms with van der Waals surface area (Å²) in [5, 5.41) is 9.96. The quantitative estimate of drug-likeness (QED) is 0.144. The van der Waals surface area contributed by atoms with Crippen LogP contribution in [0.5, 0.6) is 0 Å². The number of rotatable bonds is 7. The first-order valence-corrected chi connectivity index (χ1v) is 23.7. The highest BCUT2D eigenvalue weighted by molar-refractivity contribution is 6.16. The first-order chi connectivity index (χ1) is 33.4. The SMILES string of the molecule is CC1(C)c2cc(-c3ccc4c(c3)cc(-c3ccc5ccccc5c3)c3cc(-c5cc6ccccc6cc5-c5ccccc5)ccc34)ccc2-c2ccc(N(c3ccccc3)c3ccccc3)cc21. The summed E-state index contributed by atoms with van der Waals surface area (Å²) >= 11 is 0. The van der Waals surface area contributed by atoms with E-state index in [1.54, 1.807) is 0 Å². The zero-order valence-electron chi connectivity index (χ0n) is 38.1. The van der Waals surface area contributed by atoms with Gasteiger partial charge in [-0.15, -0.1) is 0 Å². The van der Waals surface area contributed by atoms with Gasteiger partial charge in [-0.05, 0) is 189 Å². The van der Waals surface area contributed by atoms with Crippen LogP contribution in [0.25, 0.3) is 98.7 Å². The Morgan fingerprint density at radius 3 is 1.41 bits per heavy atom. The van der Waals surface area contributed by atoms with Crippen LogP contribution in [-0.2, 0) is 5.41 Å². The Hall–Kier alpha value is -8.52. The van der Waals surface area contributed by atoms with Gasteiger partial charge in [0.15, 0.2) is 0 Å². The average molecular weight is 866 g/mol. The van der Waals surface area contributed by atoms with E-state index < -0.39 is 0 Å². The van der Waals surface area contributed by atoms with Crippen LogP contribution >= 0.6 is 0 Å². The van der Waals surface area contributed by atoms with E-state index in [-0.39, 0.29) is 5.41 Å². The van der Waals surface area contributed by atoms with Crippen molar-refractivity contribution in [1.29, 1.82) is 0 Å². The molecule has 0 radical (unpaired) electrons. The van der Waals surface area contributed by atoms with Gasteiger partial charge in [0.25, 0.3) is 0 Å². The van der Waals surface area contributed by atoms with Crippen LogP contribution in [0.1, 0.15) is 25.0 Å². The van der Waals surface area contributed by atoms with Crippen molar-refractivity contribution >= 4 is 60.2 Å². The van der Waals surface area contributed by atoms with Gasteiger partial charge in [-0.3, -0.25) is 0 Å². The number of hydrogen-bond donors (Lipinski definition) is 0. The molecule has 0 aromatic heterocycles. The summed E-state index contributed by atoms with van der Waals surface area (Å²) in [6.45, 7) is 4.77. The van der Waals surface area contributed by atoms with Crippen LogP contribution in [-0.4, -0.2) is 0 Å². The molecule has 0 amide bonds. The van der Waals surface area contributed by atoms with Crippen molar-refractivity contribution < 1.29 is 0 Å². The van der Waals surface area contributed by atoms with E-state index in [1.165, 1.54) is 110 Å². The van der Waals surface area contributed by atoms with Crippen molar-refractivity contribution in [1.82, 2.24) is 0 Å². The molecule has 68 heavy (non-hydrogen) atoms. The standard InChI is InChI=1S/C67H47N/c1-67(2)65-42-50(29-34-59(65)60-35-31-56(43-66(60)67)68(54-22-8-4-9-23-54)55-24-10-5-11-25-55)49-28-32-57-53(37-49)41-63(51-27-26-44-16-12-13-19-46(44)36-51)64-40-52(30-33-58(57)64)62-39-48-21-15-14-20-47(48)38-61(62)45-17-6-3-7-18-45/h3-43H,1-2H3. The van der Waals surface area contributed by atoms with Crippen LogP contribution in [0.15, 0.2) is 249 Å². The molecule has 0 aliphatic heterocycles. The molecule has 0 saturated heterocycles. The molecule has 12 aromatic carbocycles. The molecule has 1 nitrogen and oxygen atoms in total. The minimum Gasteiger partial charge on any atom is -0.310 e. The molecule has 0 heterocycles. The fourth-order valence-electron chi connectivity index (χ4n) is 11.1. The zero-order valence-corrected chi connectivity index (χ0v) is 38.1. The highest BCUT2D eigenvalue weighted by atomic mass is 15.1. The summed E-state index contributed by atoms with van der Waals surface area (Å²) in [5.41, 5.74) is 18.4. The molecule has 0 fully saturated rings. The zero-order chi connectivity index (χ0) is 45.3. The Balaban J connectivity index is 0.940. The molecule has 0 unspecified atom stereocenters. The number of hydrogen-bond acceptors (Lipinski definition) is 1. The second kappa shape index (κ2) is 15.8. The molecular formula is C67H47N. The molecule has 13 rings (SSSR count). The lowest BCUT2D eigenvalue weighted by molar-refractivity contribution is 0.660. The maximum absolute atomic E-state index is 2.45. The van der Waals surface area contributed by atoms with Gasteiger partial charge in [-0.2, -0.15) is 0 Å². The van der Waals surface area contributed by atoms with Gasteiger partial charge in [0.05, 0.1) is 0 Å². The lowest BCUT2D eigenvalue weighted by atomic mass is 9.81. The number of fused-ring (bicyclic) bond motifs is 8. The second-order valence-electron chi connectivity index (χ2n) is 18.9. The highest BCUT2D eigenvalue weighted by Gasteiger charge is 2.36. The summed E-state index contributed by atoms with van der Waals surface area (Å²) < 4.78 is 0. The van der Waals surface area contributed by atoms with Crippen molar-refractivity contribution in [3.05, 3.63) is 260 Å². The van der Waals surface area contributed by atoms with Crippen LogP contribution in [0.3, 0.4) is 0 Å². The molecule has 1 aliphatic carbocycles. The van der Waals surface area contributed by atoms with E-state index >= 15 is 0 Å². The topological polar surface area (TPSA) is 3.24 Å². The Kier molecular flexibility index (Phi) is 9.27. The summed E-state index contributed by atoms with van der Waals surface area (Å²) in [6, 6.07) is 92.1. The average Bonchev–Trinajstić information content (AvgIpc) is 3.62. The van der Waals surface area contributed by atoms with Gasteiger partial charge in [-0.1, -0.05) is 184 Å². The molecular weight excluding hydrogens is 819 g/mol. The highest BCUT2D eigenvalue weighted by Crippen LogP contribution is 2.52. The minimum atomic E-state index is -0.199. The molecule has 320 valence electrons. The Morgan fingerprint density at radius 1 is 0.250 bits per heavy atom. The summed E-state index contributed by atoms with van der Waals surface area (Å²) in [4.78, 5) is 2.36. The monoisotopic (exact) mass is 865 g/mol. The first kappa shape index (κ1) is 39.8.